The molecular formula is C23H45N17O5. The molecule has 21 N–H and O–H groups in total. The minimum atomic E-state index is -1.29. The van der Waals surface area contributed by atoms with Crippen LogP contribution in [0.1, 0.15) is 32.6 Å². The number of guanidine groups is 4. The Labute approximate surface area is 259 Å². The Morgan fingerprint density at radius 2 is 0.667 bits per heavy atom. The number of amides is 5. The van der Waals surface area contributed by atoms with Crippen LogP contribution in [0, 0.1) is 0 Å². The van der Waals surface area contributed by atoms with Crippen LogP contribution in [0.3, 0.4) is 0 Å². The Kier molecular flexibility index (Phi) is 15.7. The second-order valence-corrected chi connectivity index (χ2v) is 9.86. The highest BCUT2D eigenvalue weighted by Gasteiger charge is 2.33. The molecule has 5 unspecified atom stereocenters. The molecule has 1 rings (SSSR count). The summed E-state index contributed by atoms with van der Waals surface area (Å²) in [4.78, 5) is 81.9. The average Bonchev–Trinajstić information content (AvgIpc) is 2.93. The number of carbonyl (C=O) groups is 5. The van der Waals surface area contributed by atoms with Gasteiger partial charge in [0.15, 0.2) is 23.8 Å². The number of hydrogen-bond donors (Lipinski definition) is 13. The Morgan fingerprint density at radius 1 is 0.444 bits per heavy atom. The normalized spacial score (nSPS) is 22.9. The Bertz CT molecular complexity index is 1130. The number of carbonyl (C=O) groups excluding carboxylic acids is 5. The fraction of sp³-hybridized carbons (Fsp3) is 0.609. The summed E-state index contributed by atoms with van der Waals surface area (Å²) in [6, 6.07) is -6.27. The van der Waals surface area contributed by atoms with Crippen molar-refractivity contribution in [2.75, 3.05) is 26.2 Å². The number of hydrogen-bond acceptors (Lipinski definition) is 9. The van der Waals surface area contributed by atoms with Gasteiger partial charge in [0.25, 0.3) is 0 Å². The molecule has 0 bridgehead atoms. The van der Waals surface area contributed by atoms with Gasteiger partial charge in [-0.3, -0.25) is 43.9 Å². The third kappa shape index (κ3) is 14.9. The van der Waals surface area contributed by atoms with Gasteiger partial charge in [0, 0.05) is 26.2 Å². The van der Waals surface area contributed by atoms with Gasteiger partial charge in [-0.1, -0.05) is 0 Å². The predicted molar refractivity (Wildman–Crippen MR) is 167 cm³/mol. The molecule has 0 spiro atoms. The smallest absolute Gasteiger partial charge is 0.243 e. The second kappa shape index (κ2) is 18.9. The first-order valence-electron chi connectivity index (χ1n) is 13.8. The number of nitrogens with two attached hydrogens (primary N) is 8. The van der Waals surface area contributed by atoms with Crippen LogP contribution in [0.5, 0.6) is 0 Å². The summed E-state index contributed by atoms with van der Waals surface area (Å²) >= 11 is 0. The standard InChI is InChI=1S/C23H45N17O5/c1-10-15(41)37-12(3-7-33-21(26)27)17(43)39-14(5-9-35-23(30)31)19(45)40-13(4-8-34-22(28)29)18(44)38-11(16(42)36-10)2-6-32-20(24)25/h10-14H,2-9H2,1H3,(H,36,42)(H,37,41)(H,38,44)(H,39,43)(H,40,45)(H4,24,25,32)(H4,26,27,33)(H4,28,29,34)(H4,30,31,35). The molecule has 0 aromatic carbocycles. The predicted octanol–water partition coefficient (Wildman–Crippen LogP) is -7.90. The summed E-state index contributed by atoms with van der Waals surface area (Å²) in [5.41, 5.74) is 43.1. The first-order chi connectivity index (χ1) is 21.1. The van der Waals surface area contributed by atoms with Gasteiger partial charge in [-0.05, 0) is 32.6 Å². The van der Waals surface area contributed by atoms with Gasteiger partial charge >= 0.3 is 0 Å². The van der Waals surface area contributed by atoms with E-state index >= 15 is 0 Å². The molecule has 5 atom stereocenters. The summed E-state index contributed by atoms with van der Waals surface area (Å²) in [5, 5.41) is 12.7. The van der Waals surface area contributed by atoms with Gasteiger partial charge in [0.05, 0.1) is 0 Å². The molecular weight excluding hydrogens is 594 g/mol. The lowest BCUT2D eigenvalue weighted by atomic mass is 10.1. The largest absolute Gasteiger partial charge is 0.370 e. The second-order valence-electron chi connectivity index (χ2n) is 9.86. The molecule has 5 amide bonds. The molecule has 0 aromatic rings. The van der Waals surface area contributed by atoms with Crippen molar-refractivity contribution in [3.8, 4) is 0 Å². The van der Waals surface area contributed by atoms with E-state index in [0.717, 1.165) is 0 Å². The Morgan fingerprint density at radius 3 is 0.911 bits per heavy atom. The minimum absolute atomic E-state index is 0.0650. The topological polar surface area (TPSA) is 403 Å². The lowest BCUT2D eigenvalue weighted by Crippen LogP contribution is -2.58. The van der Waals surface area contributed by atoms with Crippen molar-refractivity contribution in [2.45, 2.75) is 62.8 Å². The van der Waals surface area contributed by atoms with Crippen molar-refractivity contribution in [3.05, 3.63) is 0 Å². The molecule has 0 aromatic heterocycles. The maximum atomic E-state index is 13.5. The lowest BCUT2D eigenvalue weighted by Gasteiger charge is -2.25. The first kappa shape index (κ1) is 37.5. The zero-order valence-electron chi connectivity index (χ0n) is 25.0. The average molecular weight is 640 g/mol. The van der Waals surface area contributed by atoms with Crippen molar-refractivity contribution < 1.29 is 24.0 Å². The fourth-order valence-corrected chi connectivity index (χ4v) is 3.86. The highest BCUT2D eigenvalue weighted by Crippen LogP contribution is 2.05. The minimum Gasteiger partial charge on any atom is -0.370 e. The van der Waals surface area contributed by atoms with Crippen molar-refractivity contribution >= 4 is 53.4 Å². The highest BCUT2D eigenvalue weighted by atomic mass is 16.2. The maximum absolute atomic E-state index is 13.5. The van der Waals surface area contributed by atoms with E-state index in [1.807, 2.05) is 0 Å². The van der Waals surface area contributed by atoms with E-state index in [1.165, 1.54) is 6.92 Å². The summed E-state index contributed by atoms with van der Waals surface area (Å²) in [6.45, 7) is 1.07. The quantitative estimate of drug-likeness (QED) is 0.0697. The van der Waals surface area contributed by atoms with E-state index in [4.69, 9.17) is 45.9 Å². The first-order valence-corrected chi connectivity index (χ1v) is 13.8. The molecule has 0 radical (unpaired) electrons. The molecule has 1 aliphatic heterocycles. The van der Waals surface area contributed by atoms with Gasteiger partial charge in [0.1, 0.15) is 30.2 Å². The summed E-state index contributed by atoms with van der Waals surface area (Å²) < 4.78 is 0. The molecule has 45 heavy (non-hydrogen) atoms. The zero-order chi connectivity index (χ0) is 34.1. The number of nitrogens with one attached hydrogen (secondary N) is 5. The van der Waals surface area contributed by atoms with Gasteiger partial charge in [0.2, 0.25) is 29.5 Å². The molecule has 0 aliphatic carbocycles. The van der Waals surface area contributed by atoms with Crippen LogP contribution in [-0.2, 0) is 24.0 Å². The van der Waals surface area contributed by atoms with E-state index in [2.05, 4.69) is 46.6 Å². The van der Waals surface area contributed by atoms with Crippen LogP contribution >= 0.6 is 0 Å². The van der Waals surface area contributed by atoms with E-state index in [0.29, 0.717) is 0 Å². The van der Waals surface area contributed by atoms with Gasteiger partial charge in [-0.15, -0.1) is 0 Å². The van der Waals surface area contributed by atoms with Crippen LogP contribution in [0.15, 0.2) is 20.0 Å². The zero-order valence-corrected chi connectivity index (χ0v) is 25.0. The lowest BCUT2D eigenvalue weighted by molar-refractivity contribution is -0.134. The third-order valence-corrected chi connectivity index (χ3v) is 6.13. The molecule has 22 nitrogen and oxygen atoms in total. The Balaban J connectivity index is 3.57. The van der Waals surface area contributed by atoms with Crippen LogP contribution < -0.4 is 72.5 Å². The maximum Gasteiger partial charge on any atom is 0.243 e. The molecule has 1 fully saturated rings. The summed E-state index contributed by atoms with van der Waals surface area (Å²) in [5.74, 6) is -4.92. The van der Waals surface area contributed by atoms with Crippen LogP contribution in [0.25, 0.3) is 0 Å². The van der Waals surface area contributed by atoms with Gasteiger partial charge in [-0.2, -0.15) is 0 Å². The summed E-state index contributed by atoms with van der Waals surface area (Å²) in [6.07, 6.45) is -0.380. The Hall–Kier alpha value is -5.57. The number of aliphatic imine (C=N–C) groups is 4. The monoisotopic (exact) mass is 639 g/mol. The van der Waals surface area contributed by atoms with E-state index < -0.39 is 59.7 Å². The fourth-order valence-electron chi connectivity index (χ4n) is 3.86. The molecule has 252 valence electrons. The summed E-state index contributed by atoms with van der Waals surface area (Å²) in [7, 11) is 0. The molecule has 22 heteroatoms. The number of nitrogens with zero attached hydrogens (tertiary/aromatic N) is 4. The van der Waals surface area contributed by atoms with Gasteiger partial charge < -0.3 is 72.5 Å². The molecule has 1 saturated heterocycles. The van der Waals surface area contributed by atoms with E-state index in [-0.39, 0.29) is 75.7 Å². The number of rotatable bonds is 12. The van der Waals surface area contributed by atoms with Crippen LogP contribution in [0.2, 0.25) is 0 Å². The molecule has 0 saturated carbocycles. The van der Waals surface area contributed by atoms with Crippen molar-refractivity contribution in [1.29, 1.82) is 0 Å². The molecule has 1 heterocycles. The molecule has 1 aliphatic rings. The SMILES string of the molecule is CC1NC(=O)C(CCN=C(N)N)NC(=O)C(CCN=C(N)N)NC(=O)C(CCN=C(N)N)NC(=O)C(CCN=C(N)N)NC1=O. The highest BCUT2D eigenvalue weighted by molar-refractivity contribution is 5.97. The van der Waals surface area contributed by atoms with Gasteiger partial charge in [-0.25, -0.2) is 0 Å². The van der Waals surface area contributed by atoms with E-state index in [9.17, 15) is 24.0 Å². The third-order valence-electron chi connectivity index (χ3n) is 6.13. The van der Waals surface area contributed by atoms with Crippen molar-refractivity contribution in [1.82, 2.24) is 26.6 Å². The van der Waals surface area contributed by atoms with Crippen molar-refractivity contribution in [2.24, 2.45) is 65.8 Å². The van der Waals surface area contributed by atoms with Crippen molar-refractivity contribution in [3.63, 3.8) is 0 Å². The van der Waals surface area contributed by atoms with Crippen LogP contribution in [-0.4, -0.2) is 110 Å². The van der Waals surface area contributed by atoms with Crippen LogP contribution in [0.4, 0.5) is 0 Å². The van der Waals surface area contributed by atoms with E-state index in [1.54, 1.807) is 0 Å².